The lowest BCUT2D eigenvalue weighted by Gasteiger charge is -2.34. The molecule has 0 bridgehead atoms. The molecule has 0 aromatic carbocycles. The molecule has 0 aliphatic heterocycles. The summed E-state index contributed by atoms with van der Waals surface area (Å²) in [7, 11) is 2.05. The molecular formula is C18H33N3. The molecule has 3 atom stereocenters. The van der Waals surface area contributed by atoms with Gasteiger partial charge < -0.3 is 5.32 Å². The number of hydrogen-bond donors (Lipinski definition) is 1. The minimum absolute atomic E-state index is 0.678. The molecule has 0 saturated heterocycles. The zero-order valence-corrected chi connectivity index (χ0v) is 14.6. The lowest BCUT2D eigenvalue weighted by atomic mass is 9.77. The van der Waals surface area contributed by atoms with Crippen molar-refractivity contribution < 1.29 is 0 Å². The van der Waals surface area contributed by atoms with Crippen LogP contribution in [0.5, 0.6) is 0 Å². The average molecular weight is 291 g/mol. The first-order chi connectivity index (χ1) is 10.0. The fourth-order valence-corrected chi connectivity index (χ4v) is 4.09. The molecule has 1 aromatic heterocycles. The Morgan fingerprint density at radius 3 is 2.67 bits per heavy atom. The minimum Gasteiger partial charge on any atom is -0.314 e. The molecule has 1 N–H and O–H groups in total. The van der Waals surface area contributed by atoms with Gasteiger partial charge in [-0.25, -0.2) is 0 Å². The normalized spacial score (nSPS) is 24.2. The molecule has 1 aromatic rings. The third-order valence-electron chi connectivity index (χ3n) is 5.38. The highest BCUT2D eigenvalue weighted by atomic mass is 15.3. The van der Waals surface area contributed by atoms with Crippen molar-refractivity contribution in [2.45, 2.75) is 72.3 Å². The molecule has 0 spiro atoms. The van der Waals surface area contributed by atoms with Gasteiger partial charge in [-0.15, -0.1) is 0 Å². The zero-order valence-electron chi connectivity index (χ0n) is 14.6. The van der Waals surface area contributed by atoms with Crippen LogP contribution in [0.15, 0.2) is 0 Å². The summed E-state index contributed by atoms with van der Waals surface area (Å²) in [5.41, 5.74) is 4.01. The number of aryl methyl sites for hydroxylation is 2. The highest BCUT2D eigenvalue weighted by Gasteiger charge is 2.26. The lowest BCUT2D eigenvalue weighted by Crippen LogP contribution is -2.38. The quantitative estimate of drug-likeness (QED) is 0.864. The topological polar surface area (TPSA) is 29.9 Å². The van der Waals surface area contributed by atoms with Gasteiger partial charge in [-0.2, -0.15) is 5.10 Å². The smallest absolute Gasteiger partial charge is 0.0628 e. The van der Waals surface area contributed by atoms with Crippen molar-refractivity contribution in [2.75, 3.05) is 6.54 Å². The van der Waals surface area contributed by atoms with E-state index in [1.165, 1.54) is 49.1 Å². The van der Waals surface area contributed by atoms with Gasteiger partial charge in [0.15, 0.2) is 0 Å². The molecule has 1 heterocycles. The molecule has 1 fully saturated rings. The second-order valence-corrected chi connectivity index (χ2v) is 7.01. The second-order valence-electron chi connectivity index (χ2n) is 7.01. The molecule has 1 aliphatic rings. The van der Waals surface area contributed by atoms with E-state index in [0.29, 0.717) is 6.04 Å². The Morgan fingerprint density at radius 1 is 1.33 bits per heavy atom. The summed E-state index contributed by atoms with van der Waals surface area (Å²) < 4.78 is 2.02. The van der Waals surface area contributed by atoms with Gasteiger partial charge in [0.2, 0.25) is 0 Å². The Hall–Kier alpha value is -0.830. The Labute approximate surface area is 130 Å². The van der Waals surface area contributed by atoms with Gasteiger partial charge in [-0.3, -0.25) is 4.68 Å². The van der Waals surface area contributed by atoms with Crippen LogP contribution in [0.3, 0.4) is 0 Å². The monoisotopic (exact) mass is 291 g/mol. The zero-order chi connectivity index (χ0) is 15.4. The van der Waals surface area contributed by atoms with Crippen LogP contribution in [0.1, 0.15) is 62.9 Å². The predicted molar refractivity (Wildman–Crippen MR) is 89.6 cm³/mol. The first-order valence-corrected chi connectivity index (χ1v) is 8.75. The minimum atomic E-state index is 0.678. The fourth-order valence-electron chi connectivity index (χ4n) is 4.09. The highest BCUT2D eigenvalue weighted by Crippen LogP contribution is 2.32. The second kappa shape index (κ2) is 7.44. The standard InChI is InChI=1S/C18H33N3/c1-6-19-18(16-9-7-8-13(2)12-16)11-10-17-14(3)20-21(5)15(17)4/h13,16,18-19H,6-12H2,1-5H3. The van der Waals surface area contributed by atoms with Crippen LogP contribution in [0.25, 0.3) is 0 Å². The summed E-state index contributed by atoms with van der Waals surface area (Å²) in [6.45, 7) is 10.1. The number of aromatic nitrogens is 2. The maximum atomic E-state index is 4.56. The van der Waals surface area contributed by atoms with E-state index < -0.39 is 0 Å². The van der Waals surface area contributed by atoms with Gasteiger partial charge in [0, 0.05) is 18.8 Å². The van der Waals surface area contributed by atoms with Gasteiger partial charge in [0.1, 0.15) is 0 Å². The largest absolute Gasteiger partial charge is 0.314 e. The van der Waals surface area contributed by atoms with Crippen molar-refractivity contribution in [3.8, 4) is 0 Å². The molecule has 3 unspecified atom stereocenters. The molecule has 2 rings (SSSR count). The Morgan fingerprint density at radius 2 is 2.10 bits per heavy atom. The summed E-state index contributed by atoms with van der Waals surface area (Å²) in [4.78, 5) is 0. The SMILES string of the molecule is CCNC(CCc1c(C)nn(C)c1C)C1CCCC(C)C1. The van der Waals surface area contributed by atoms with E-state index in [4.69, 9.17) is 0 Å². The van der Waals surface area contributed by atoms with Crippen molar-refractivity contribution in [2.24, 2.45) is 18.9 Å². The lowest BCUT2D eigenvalue weighted by molar-refractivity contribution is 0.216. The van der Waals surface area contributed by atoms with Gasteiger partial charge in [-0.05, 0) is 63.5 Å². The molecule has 21 heavy (non-hydrogen) atoms. The molecule has 120 valence electrons. The third-order valence-corrected chi connectivity index (χ3v) is 5.38. The van der Waals surface area contributed by atoms with Crippen molar-refractivity contribution >= 4 is 0 Å². The van der Waals surface area contributed by atoms with Crippen LogP contribution in [-0.2, 0) is 13.5 Å². The van der Waals surface area contributed by atoms with Crippen molar-refractivity contribution in [3.05, 3.63) is 17.0 Å². The summed E-state index contributed by atoms with van der Waals surface area (Å²) in [6.07, 6.45) is 8.07. The first kappa shape index (κ1) is 16.5. The Balaban J connectivity index is 1.99. The number of nitrogens with zero attached hydrogens (tertiary/aromatic N) is 2. The van der Waals surface area contributed by atoms with Crippen LogP contribution in [-0.4, -0.2) is 22.4 Å². The van der Waals surface area contributed by atoms with Crippen LogP contribution >= 0.6 is 0 Å². The Kier molecular flexibility index (Phi) is 5.86. The van der Waals surface area contributed by atoms with Gasteiger partial charge in [0.05, 0.1) is 5.69 Å². The van der Waals surface area contributed by atoms with Crippen molar-refractivity contribution in [3.63, 3.8) is 0 Å². The molecule has 1 saturated carbocycles. The van der Waals surface area contributed by atoms with E-state index in [9.17, 15) is 0 Å². The number of nitrogens with one attached hydrogen (secondary N) is 1. The van der Waals surface area contributed by atoms with Crippen LogP contribution in [0.4, 0.5) is 0 Å². The van der Waals surface area contributed by atoms with Gasteiger partial charge in [0.25, 0.3) is 0 Å². The summed E-state index contributed by atoms with van der Waals surface area (Å²) in [6, 6.07) is 0.678. The maximum absolute atomic E-state index is 4.56. The van der Waals surface area contributed by atoms with Gasteiger partial charge in [-0.1, -0.05) is 26.7 Å². The van der Waals surface area contributed by atoms with E-state index in [1.54, 1.807) is 0 Å². The Bertz CT molecular complexity index is 450. The summed E-state index contributed by atoms with van der Waals surface area (Å²) in [5, 5.41) is 8.32. The molecular weight excluding hydrogens is 258 g/mol. The predicted octanol–water partition coefficient (Wildman–Crippen LogP) is 3.77. The van der Waals surface area contributed by atoms with Crippen LogP contribution in [0.2, 0.25) is 0 Å². The molecule has 1 aliphatic carbocycles. The van der Waals surface area contributed by atoms with Crippen LogP contribution < -0.4 is 5.32 Å². The molecule has 0 amide bonds. The highest BCUT2D eigenvalue weighted by molar-refractivity contribution is 5.24. The van der Waals surface area contributed by atoms with E-state index in [1.807, 2.05) is 4.68 Å². The molecule has 3 heteroatoms. The first-order valence-electron chi connectivity index (χ1n) is 8.75. The number of hydrogen-bond acceptors (Lipinski definition) is 2. The van der Waals surface area contributed by atoms with E-state index in [-0.39, 0.29) is 0 Å². The van der Waals surface area contributed by atoms with E-state index in [2.05, 4.69) is 45.2 Å². The maximum Gasteiger partial charge on any atom is 0.0628 e. The van der Waals surface area contributed by atoms with Gasteiger partial charge >= 0.3 is 0 Å². The molecule has 3 nitrogen and oxygen atoms in total. The summed E-state index contributed by atoms with van der Waals surface area (Å²) in [5.74, 6) is 1.78. The number of rotatable bonds is 6. The van der Waals surface area contributed by atoms with Crippen molar-refractivity contribution in [1.82, 2.24) is 15.1 Å². The van der Waals surface area contributed by atoms with E-state index in [0.717, 1.165) is 24.8 Å². The fraction of sp³-hybridized carbons (Fsp3) is 0.833. The van der Waals surface area contributed by atoms with Crippen molar-refractivity contribution in [1.29, 1.82) is 0 Å². The third kappa shape index (κ3) is 4.09. The van der Waals surface area contributed by atoms with Crippen LogP contribution in [0, 0.1) is 25.7 Å². The van der Waals surface area contributed by atoms with E-state index >= 15 is 0 Å². The molecule has 0 radical (unpaired) electrons. The summed E-state index contributed by atoms with van der Waals surface area (Å²) >= 11 is 0. The average Bonchev–Trinajstić information content (AvgIpc) is 2.69.